The van der Waals surface area contributed by atoms with Crippen molar-refractivity contribution in [1.29, 1.82) is 0 Å². The lowest BCUT2D eigenvalue weighted by Gasteiger charge is -2.10. The molecule has 0 spiro atoms. The Morgan fingerprint density at radius 1 is 1.17 bits per heavy atom. The van der Waals surface area contributed by atoms with Crippen molar-refractivity contribution in [1.82, 2.24) is 0 Å². The summed E-state index contributed by atoms with van der Waals surface area (Å²) in [4.78, 5) is 0. The van der Waals surface area contributed by atoms with E-state index in [2.05, 4.69) is 22.0 Å². The zero-order valence-corrected chi connectivity index (χ0v) is 11.9. The lowest BCUT2D eigenvalue weighted by atomic mass is 10.1. The van der Waals surface area contributed by atoms with E-state index in [0.29, 0.717) is 6.54 Å². The van der Waals surface area contributed by atoms with Gasteiger partial charge in [-0.05, 0) is 55.3 Å². The minimum atomic E-state index is 0.652. The number of nitrogens with two attached hydrogens (primary N) is 1. The van der Waals surface area contributed by atoms with Gasteiger partial charge in [-0.2, -0.15) is 0 Å². The van der Waals surface area contributed by atoms with Gasteiger partial charge in [-0.1, -0.05) is 34.1 Å². The SMILES string of the molecule is Cc1ccc(Br)cc1Oc1cccc(CCN)c1. The molecule has 0 atom stereocenters. The topological polar surface area (TPSA) is 35.2 Å². The zero-order valence-electron chi connectivity index (χ0n) is 10.3. The molecule has 3 heteroatoms. The first-order valence-corrected chi connectivity index (χ1v) is 6.71. The zero-order chi connectivity index (χ0) is 13.0. The van der Waals surface area contributed by atoms with Gasteiger partial charge in [0.1, 0.15) is 11.5 Å². The van der Waals surface area contributed by atoms with Crippen LogP contribution >= 0.6 is 15.9 Å². The molecule has 0 aliphatic carbocycles. The Hall–Kier alpha value is -1.32. The van der Waals surface area contributed by atoms with Crippen molar-refractivity contribution in [3.8, 4) is 11.5 Å². The third kappa shape index (κ3) is 3.34. The Balaban J connectivity index is 2.22. The average molecular weight is 306 g/mol. The predicted octanol–water partition coefficient (Wildman–Crippen LogP) is 4.05. The summed E-state index contributed by atoms with van der Waals surface area (Å²) in [6.07, 6.45) is 0.870. The van der Waals surface area contributed by atoms with Crippen molar-refractivity contribution < 1.29 is 4.74 Å². The number of benzene rings is 2. The summed E-state index contributed by atoms with van der Waals surface area (Å²) in [5.74, 6) is 1.72. The van der Waals surface area contributed by atoms with Crippen molar-refractivity contribution in [2.24, 2.45) is 5.73 Å². The molecule has 0 unspecified atom stereocenters. The minimum absolute atomic E-state index is 0.652. The standard InChI is InChI=1S/C15H16BrNO/c1-11-5-6-13(16)10-15(11)18-14-4-2-3-12(9-14)7-8-17/h2-6,9-10H,7-8,17H2,1H3. The maximum Gasteiger partial charge on any atom is 0.131 e. The Labute approximate surface area is 116 Å². The number of aryl methyl sites for hydroxylation is 1. The molecular weight excluding hydrogens is 290 g/mol. The van der Waals surface area contributed by atoms with E-state index in [4.69, 9.17) is 10.5 Å². The fourth-order valence-corrected chi connectivity index (χ4v) is 2.08. The smallest absolute Gasteiger partial charge is 0.131 e. The molecule has 0 saturated carbocycles. The Bertz CT molecular complexity index is 540. The van der Waals surface area contributed by atoms with E-state index in [1.165, 1.54) is 5.56 Å². The maximum atomic E-state index is 5.91. The summed E-state index contributed by atoms with van der Waals surface area (Å²) >= 11 is 3.45. The normalized spacial score (nSPS) is 10.4. The molecule has 0 saturated heterocycles. The molecule has 18 heavy (non-hydrogen) atoms. The van der Waals surface area contributed by atoms with Crippen LogP contribution in [0.4, 0.5) is 0 Å². The van der Waals surface area contributed by atoms with Crippen LogP contribution in [0, 0.1) is 6.92 Å². The second kappa shape index (κ2) is 6.03. The molecular formula is C15H16BrNO. The number of hydrogen-bond acceptors (Lipinski definition) is 2. The molecule has 0 aliphatic heterocycles. The van der Waals surface area contributed by atoms with Gasteiger partial charge in [0.25, 0.3) is 0 Å². The summed E-state index contributed by atoms with van der Waals surface area (Å²) in [6.45, 7) is 2.69. The van der Waals surface area contributed by atoms with Gasteiger partial charge in [-0.25, -0.2) is 0 Å². The van der Waals surface area contributed by atoms with Gasteiger partial charge in [0.05, 0.1) is 0 Å². The van der Waals surface area contributed by atoms with E-state index in [9.17, 15) is 0 Å². The van der Waals surface area contributed by atoms with Gasteiger partial charge in [-0.15, -0.1) is 0 Å². The molecule has 2 rings (SSSR count). The molecule has 94 valence electrons. The Morgan fingerprint density at radius 2 is 2.00 bits per heavy atom. The molecule has 0 amide bonds. The van der Waals surface area contributed by atoms with Crippen molar-refractivity contribution in [3.63, 3.8) is 0 Å². The van der Waals surface area contributed by atoms with Crippen LogP contribution in [0.5, 0.6) is 11.5 Å². The minimum Gasteiger partial charge on any atom is -0.457 e. The van der Waals surface area contributed by atoms with Crippen LogP contribution in [0.3, 0.4) is 0 Å². The number of hydrogen-bond donors (Lipinski definition) is 1. The van der Waals surface area contributed by atoms with Crippen molar-refractivity contribution >= 4 is 15.9 Å². The second-order valence-corrected chi connectivity index (χ2v) is 5.11. The van der Waals surface area contributed by atoms with E-state index in [1.54, 1.807) is 0 Å². The highest BCUT2D eigenvalue weighted by atomic mass is 79.9. The largest absolute Gasteiger partial charge is 0.457 e. The molecule has 2 aromatic rings. The fraction of sp³-hybridized carbons (Fsp3) is 0.200. The van der Waals surface area contributed by atoms with Crippen LogP contribution in [-0.2, 0) is 6.42 Å². The second-order valence-electron chi connectivity index (χ2n) is 4.20. The number of ether oxygens (including phenoxy) is 1. The monoisotopic (exact) mass is 305 g/mol. The van der Waals surface area contributed by atoms with Crippen molar-refractivity contribution in [2.45, 2.75) is 13.3 Å². The van der Waals surface area contributed by atoms with Crippen LogP contribution in [0.15, 0.2) is 46.9 Å². The molecule has 0 aliphatic rings. The average Bonchev–Trinajstić information content (AvgIpc) is 2.35. The van der Waals surface area contributed by atoms with E-state index < -0.39 is 0 Å². The van der Waals surface area contributed by atoms with Gasteiger partial charge in [0.2, 0.25) is 0 Å². The summed E-state index contributed by atoms with van der Waals surface area (Å²) in [5.41, 5.74) is 7.87. The Morgan fingerprint density at radius 3 is 2.78 bits per heavy atom. The highest BCUT2D eigenvalue weighted by Crippen LogP contribution is 2.28. The molecule has 0 aromatic heterocycles. The summed E-state index contributed by atoms with van der Waals surface area (Å²) in [5, 5.41) is 0. The van der Waals surface area contributed by atoms with Crippen molar-refractivity contribution in [2.75, 3.05) is 6.54 Å². The maximum absolute atomic E-state index is 5.91. The van der Waals surface area contributed by atoms with E-state index in [-0.39, 0.29) is 0 Å². The third-order valence-corrected chi connectivity index (χ3v) is 3.20. The van der Waals surface area contributed by atoms with Gasteiger partial charge in [-0.3, -0.25) is 0 Å². The number of halogens is 1. The van der Waals surface area contributed by atoms with Gasteiger partial charge < -0.3 is 10.5 Å². The first kappa shape index (κ1) is 13.1. The highest BCUT2D eigenvalue weighted by Gasteiger charge is 2.03. The van der Waals surface area contributed by atoms with E-state index >= 15 is 0 Å². The van der Waals surface area contributed by atoms with E-state index in [1.807, 2.05) is 43.3 Å². The van der Waals surface area contributed by atoms with Gasteiger partial charge in [0.15, 0.2) is 0 Å². The predicted molar refractivity (Wildman–Crippen MR) is 78.2 cm³/mol. The molecule has 0 radical (unpaired) electrons. The first-order valence-electron chi connectivity index (χ1n) is 5.92. The van der Waals surface area contributed by atoms with Crippen LogP contribution in [0.1, 0.15) is 11.1 Å². The third-order valence-electron chi connectivity index (χ3n) is 2.71. The summed E-state index contributed by atoms with van der Waals surface area (Å²) < 4.78 is 6.92. The summed E-state index contributed by atoms with van der Waals surface area (Å²) in [6, 6.07) is 14.1. The lowest BCUT2D eigenvalue weighted by Crippen LogP contribution is -2.02. The molecule has 2 N–H and O–H groups in total. The van der Waals surface area contributed by atoms with Crippen LogP contribution < -0.4 is 10.5 Å². The molecule has 2 nitrogen and oxygen atoms in total. The van der Waals surface area contributed by atoms with Crippen LogP contribution in [0.25, 0.3) is 0 Å². The molecule has 2 aromatic carbocycles. The van der Waals surface area contributed by atoms with Crippen LogP contribution in [0.2, 0.25) is 0 Å². The lowest BCUT2D eigenvalue weighted by molar-refractivity contribution is 0.478. The first-order chi connectivity index (χ1) is 8.69. The van der Waals surface area contributed by atoms with Gasteiger partial charge >= 0.3 is 0 Å². The molecule has 0 fully saturated rings. The van der Waals surface area contributed by atoms with Crippen molar-refractivity contribution in [3.05, 3.63) is 58.1 Å². The van der Waals surface area contributed by atoms with E-state index in [0.717, 1.165) is 28.0 Å². The Kier molecular flexibility index (Phi) is 4.39. The number of rotatable bonds is 4. The summed E-state index contributed by atoms with van der Waals surface area (Å²) in [7, 11) is 0. The van der Waals surface area contributed by atoms with Crippen LogP contribution in [-0.4, -0.2) is 6.54 Å². The molecule has 0 heterocycles. The van der Waals surface area contributed by atoms with Gasteiger partial charge in [0, 0.05) is 4.47 Å². The fourth-order valence-electron chi connectivity index (χ4n) is 1.74. The highest BCUT2D eigenvalue weighted by molar-refractivity contribution is 9.10. The quantitative estimate of drug-likeness (QED) is 0.925. The molecule has 0 bridgehead atoms.